The quantitative estimate of drug-likeness (QED) is 0.758. The molecule has 5 heteroatoms. The van der Waals surface area contributed by atoms with Gasteiger partial charge in [0.15, 0.2) is 0 Å². The van der Waals surface area contributed by atoms with E-state index in [1.807, 2.05) is 19.2 Å². The van der Waals surface area contributed by atoms with Crippen molar-refractivity contribution in [1.29, 1.82) is 0 Å². The number of methoxy groups -OCH3 is 1. The Morgan fingerprint density at radius 2 is 2.04 bits per heavy atom. The predicted octanol–water partition coefficient (Wildman–Crippen LogP) is 2.60. The number of carbonyl (C=O) groups is 1. The Bertz CT molecular complexity index is 577. The number of aldehydes is 1. The van der Waals surface area contributed by atoms with Gasteiger partial charge in [0.05, 0.1) is 6.10 Å². The summed E-state index contributed by atoms with van der Waals surface area (Å²) in [6.07, 6.45) is 3.59. The number of benzene rings is 1. The highest BCUT2D eigenvalue weighted by molar-refractivity contribution is 5.74. The fraction of sp³-hybridized carbons (Fsp3) is 0.667. The van der Waals surface area contributed by atoms with E-state index in [1.54, 1.807) is 12.1 Å². The van der Waals surface area contributed by atoms with Crippen molar-refractivity contribution in [1.82, 2.24) is 10.2 Å². The molecule has 4 unspecified atom stereocenters. The molecule has 2 aliphatic heterocycles. The minimum absolute atomic E-state index is 0.329. The van der Waals surface area contributed by atoms with E-state index in [9.17, 15) is 4.79 Å². The van der Waals surface area contributed by atoms with E-state index < -0.39 is 0 Å². The van der Waals surface area contributed by atoms with Crippen LogP contribution in [0.2, 0.25) is 0 Å². The zero-order chi connectivity index (χ0) is 18.5. The van der Waals surface area contributed by atoms with Crippen LogP contribution < -0.4 is 10.1 Å². The molecule has 26 heavy (non-hydrogen) atoms. The van der Waals surface area contributed by atoms with Gasteiger partial charge < -0.3 is 14.8 Å². The zero-order valence-electron chi connectivity index (χ0n) is 16.2. The van der Waals surface area contributed by atoms with Crippen LogP contribution in [-0.4, -0.2) is 62.7 Å². The second kappa shape index (κ2) is 8.98. The first-order chi connectivity index (χ1) is 12.6. The van der Waals surface area contributed by atoms with Crippen LogP contribution in [0.1, 0.15) is 37.0 Å². The summed E-state index contributed by atoms with van der Waals surface area (Å²) in [5.41, 5.74) is 0.680. The maximum absolute atomic E-state index is 10.7. The lowest BCUT2D eigenvalue weighted by molar-refractivity contribution is -0.0245. The highest BCUT2D eigenvalue weighted by Crippen LogP contribution is 2.27. The van der Waals surface area contributed by atoms with Crippen LogP contribution in [0.25, 0.3) is 0 Å². The molecule has 144 valence electrons. The molecule has 1 N–H and O–H groups in total. The Morgan fingerprint density at radius 3 is 2.73 bits per heavy atom. The molecule has 1 aromatic rings. The Hall–Kier alpha value is -1.43. The number of piperidine rings is 1. The van der Waals surface area contributed by atoms with Gasteiger partial charge in [0.25, 0.3) is 0 Å². The topological polar surface area (TPSA) is 50.8 Å². The maximum Gasteiger partial charge on any atom is 0.150 e. The average molecular weight is 360 g/mol. The molecule has 2 saturated heterocycles. The van der Waals surface area contributed by atoms with Crippen molar-refractivity contribution >= 4 is 6.29 Å². The van der Waals surface area contributed by atoms with Crippen LogP contribution in [-0.2, 0) is 4.74 Å². The number of likely N-dealkylation sites (tertiary alicyclic amines) is 1. The molecular weight excluding hydrogens is 328 g/mol. The van der Waals surface area contributed by atoms with E-state index in [0.29, 0.717) is 42.2 Å². The number of rotatable bonds is 7. The van der Waals surface area contributed by atoms with Gasteiger partial charge in [-0.05, 0) is 55.5 Å². The Kier molecular flexibility index (Phi) is 6.68. The molecule has 3 rings (SSSR count). The molecular formula is C21H32N2O3. The van der Waals surface area contributed by atoms with Gasteiger partial charge in [-0.25, -0.2) is 0 Å². The van der Waals surface area contributed by atoms with Crippen LogP contribution in [0, 0.1) is 11.8 Å². The molecule has 2 fully saturated rings. The van der Waals surface area contributed by atoms with Gasteiger partial charge in [0, 0.05) is 37.8 Å². The summed E-state index contributed by atoms with van der Waals surface area (Å²) in [6.45, 7) is 8.47. The minimum Gasteiger partial charge on any atom is -0.492 e. The number of carbonyl (C=O) groups excluding carboxylic acids is 1. The summed E-state index contributed by atoms with van der Waals surface area (Å²) in [5.74, 6) is 1.89. The van der Waals surface area contributed by atoms with Gasteiger partial charge in [-0.3, -0.25) is 9.69 Å². The third-order valence-electron chi connectivity index (χ3n) is 6.08. The molecule has 0 aromatic heterocycles. The van der Waals surface area contributed by atoms with E-state index in [-0.39, 0.29) is 0 Å². The maximum atomic E-state index is 10.7. The summed E-state index contributed by atoms with van der Waals surface area (Å²) in [6, 6.07) is 8.26. The standard InChI is InChI=1S/C21H32N2O3/c1-15-11-22-20(16(2)21(15)25-3)12-23-10-4-5-18(23)14-26-19-8-6-17(13-24)7-9-19/h6-9,13,15-16,18,20-22H,4-5,10-12,14H2,1-3H3/t15?,16?,18-,20?,21?/m0/s1. The number of ether oxygens (including phenoxy) is 2. The average Bonchev–Trinajstić information content (AvgIpc) is 3.10. The van der Waals surface area contributed by atoms with Gasteiger partial charge in [-0.1, -0.05) is 13.8 Å². The summed E-state index contributed by atoms with van der Waals surface area (Å²) in [7, 11) is 1.84. The van der Waals surface area contributed by atoms with Crippen molar-refractivity contribution < 1.29 is 14.3 Å². The first-order valence-corrected chi connectivity index (χ1v) is 9.80. The van der Waals surface area contributed by atoms with Crippen molar-refractivity contribution in [2.45, 2.75) is 44.9 Å². The third kappa shape index (κ3) is 4.45. The SMILES string of the molecule is COC1C(C)CNC(CN2CCC[C@H]2COc2ccc(C=O)cc2)C1C. The Labute approximate surface area is 157 Å². The highest BCUT2D eigenvalue weighted by atomic mass is 16.5. The van der Waals surface area contributed by atoms with Crippen LogP contribution >= 0.6 is 0 Å². The zero-order valence-corrected chi connectivity index (χ0v) is 16.2. The molecule has 5 atom stereocenters. The third-order valence-corrected chi connectivity index (χ3v) is 6.08. The first-order valence-electron chi connectivity index (χ1n) is 9.80. The second-order valence-electron chi connectivity index (χ2n) is 7.84. The van der Waals surface area contributed by atoms with Crippen molar-refractivity contribution in [3.63, 3.8) is 0 Å². The largest absolute Gasteiger partial charge is 0.492 e. The fourth-order valence-electron chi connectivity index (χ4n) is 4.48. The van der Waals surface area contributed by atoms with Gasteiger partial charge >= 0.3 is 0 Å². The lowest BCUT2D eigenvalue weighted by Crippen LogP contribution is -2.57. The predicted molar refractivity (Wildman–Crippen MR) is 103 cm³/mol. The van der Waals surface area contributed by atoms with Crippen molar-refractivity contribution in [2.75, 3.05) is 33.4 Å². The van der Waals surface area contributed by atoms with E-state index >= 15 is 0 Å². The molecule has 2 aliphatic rings. The highest BCUT2D eigenvalue weighted by Gasteiger charge is 2.37. The van der Waals surface area contributed by atoms with Gasteiger partial charge in [0.2, 0.25) is 0 Å². The number of hydrogen-bond acceptors (Lipinski definition) is 5. The second-order valence-corrected chi connectivity index (χ2v) is 7.84. The minimum atomic E-state index is 0.329. The van der Waals surface area contributed by atoms with E-state index in [0.717, 1.165) is 31.7 Å². The van der Waals surface area contributed by atoms with Crippen LogP contribution in [0.4, 0.5) is 0 Å². The van der Waals surface area contributed by atoms with Crippen LogP contribution in [0.15, 0.2) is 24.3 Å². The smallest absolute Gasteiger partial charge is 0.150 e. The van der Waals surface area contributed by atoms with E-state index in [2.05, 4.69) is 24.1 Å². The molecule has 2 heterocycles. The molecule has 0 aliphatic carbocycles. The molecule has 0 saturated carbocycles. The molecule has 0 bridgehead atoms. The van der Waals surface area contributed by atoms with Crippen molar-refractivity contribution in [3.8, 4) is 5.75 Å². The number of nitrogens with zero attached hydrogens (tertiary/aromatic N) is 1. The Morgan fingerprint density at radius 1 is 1.27 bits per heavy atom. The normalized spacial score (nSPS) is 32.5. The molecule has 0 amide bonds. The molecule has 5 nitrogen and oxygen atoms in total. The lowest BCUT2D eigenvalue weighted by Gasteiger charge is -2.42. The van der Waals surface area contributed by atoms with E-state index in [4.69, 9.17) is 9.47 Å². The molecule has 1 aromatic carbocycles. The molecule has 0 spiro atoms. The number of hydrogen-bond donors (Lipinski definition) is 1. The van der Waals surface area contributed by atoms with Gasteiger partial charge in [0.1, 0.15) is 18.6 Å². The van der Waals surface area contributed by atoms with Gasteiger partial charge in [-0.2, -0.15) is 0 Å². The lowest BCUT2D eigenvalue weighted by atomic mass is 9.83. The first kappa shape index (κ1) is 19.3. The van der Waals surface area contributed by atoms with Crippen molar-refractivity contribution in [2.24, 2.45) is 11.8 Å². The number of nitrogens with one attached hydrogen (secondary N) is 1. The fourth-order valence-corrected chi connectivity index (χ4v) is 4.48. The monoisotopic (exact) mass is 360 g/mol. The molecule has 0 radical (unpaired) electrons. The van der Waals surface area contributed by atoms with E-state index in [1.165, 1.54) is 12.8 Å². The summed E-state index contributed by atoms with van der Waals surface area (Å²) in [5, 5.41) is 3.72. The van der Waals surface area contributed by atoms with Gasteiger partial charge in [-0.15, -0.1) is 0 Å². The Balaban J connectivity index is 1.53. The van der Waals surface area contributed by atoms with Crippen molar-refractivity contribution in [3.05, 3.63) is 29.8 Å². The summed E-state index contributed by atoms with van der Waals surface area (Å²) < 4.78 is 11.7. The summed E-state index contributed by atoms with van der Waals surface area (Å²) >= 11 is 0. The van der Waals surface area contributed by atoms with Crippen LogP contribution in [0.5, 0.6) is 5.75 Å². The summed E-state index contributed by atoms with van der Waals surface area (Å²) in [4.78, 5) is 13.3. The van der Waals surface area contributed by atoms with Crippen LogP contribution in [0.3, 0.4) is 0 Å².